The molecule has 0 fully saturated rings. The minimum absolute atomic E-state index is 0.154. The number of carbonyl (C=O) groups is 1. The third-order valence-corrected chi connectivity index (χ3v) is 4.94. The number of anilines is 1. The zero-order valence-electron chi connectivity index (χ0n) is 14.8. The summed E-state index contributed by atoms with van der Waals surface area (Å²) >= 11 is 12.3. The minimum atomic E-state index is -0.245. The van der Waals surface area contributed by atoms with E-state index in [0.29, 0.717) is 10.2 Å². The van der Waals surface area contributed by atoms with Gasteiger partial charge in [0.05, 0.1) is 5.75 Å². The Labute approximate surface area is 176 Å². The van der Waals surface area contributed by atoms with Gasteiger partial charge in [-0.3, -0.25) is 20.2 Å². The first kappa shape index (κ1) is 20.1. The highest BCUT2D eigenvalue weighted by atomic mass is 35.5. The Morgan fingerprint density at radius 2 is 1.82 bits per heavy atom. The lowest BCUT2D eigenvalue weighted by Crippen LogP contribution is -2.44. The summed E-state index contributed by atoms with van der Waals surface area (Å²) < 4.78 is 1.90. The molecule has 1 aromatic heterocycles. The number of nitrogens with one attached hydrogen (secondary N) is 3. The van der Waals surface area contributed by atoms with Crippen molar-refractivity contribution in [2.45, 2.75) is 12.1 Å². The summed E-state index contributed by atoms with van der Waals surface area (Å²) in [5.74, 6) is 0.660. The van der Waals surface area contributed by atoms with Gasteiger partial charge in [0, 0.05) is 16.4 Å². The lowest BCUT2D eigenvalue weighted by molar-refractivity contribution is -0.119. The van der Waals surface area contributed by atoms with Crippen molar-refractivity contribution in [1.82, 2.24) is 25.6 Å². The number of para-hydroxylation sites is 1. The summed E-state index contributed by atoms with van der Waals surface area (Å²) in [4.78, 5) is 12.1. The molecule has 1 heterocycles. The number of rotatable bonds is 5. The molecule has 0 saturated heterocycles. The smallest absolute Gasteiger partial charge is 0.248 e. The second-order valence-corrected chi connectivity index (χ2v) is 7.41. The van der Waals surface area contributed by atoms with E-state index in [9.17, 15) is 4.79 Å². The molecule has 0 saturated carbocycles. The molecule has 3 N–H and O–H groups in total. The van der Waals surface area contributed by atoms with Gasteiger partial charge in [0.2, 0.25) is 5.91 Å². The van der Waals surface area contributed by atoms with Gasteiger partial charge in [-0.2, -0.15) is 0 Å². The quantitative estimate of drug-likeness (QED) is 0.324. The molecule has 1 amide bonds. The number of thioether (sulfide) groups is 1. The lowest BCUT2D eigenvalue weighted by atomic mass is 10.3. The van der Waals surface area contributed by atoms with Crippen LogP contribution in [0.1, 0.15) is 5.82 Å². The van der Waals surface area contributed by atoms with Crippen LogP contribution in [0.5, 0.6) is 0 Å². The summed E-state index contributed by atoms with van der Waals surface area (Å²) in [6.45, 7) is 1.87. The summed E-state index contributed by atoms with van der Waals surface area (Å²) in [5.41, 5.74) is 6.92. The van der Waals surface area contributed by atoms with Crippen molar-refractivity contribution in [2.24, 2.45) is 0 Å². The Kier molecular flexibility index (Phi) is 6.85. The predicted octanol–water partition coefficient (Wildman–Crippen LogP) is 3.34. The maximum atomic E-state index is 12.1. The molecule has 28 heavy (non-hydrogen) atoms. The van der Waals surface area contributed by atoms with Crippen molar-refractivity contribution in [3.63, 3.8) is 0 Å². The molecule has 3 rings (SSSR count). The number of aromatic nitrogens is 3. The molecule has 0 bridgehead atoms. The third kappa shape index (κ3) is 5.44. The van der Waals surface area contributed by atoms with Gasteiger partial charge < -0.3 is 5.32 Å². The van der Waals surface area contributed by atoms with E-state index in [1.807, 2.05) is 41.8 Å². The van der Waals surface area contributed by atoms with E-state index < -0.39 is 0 Å². The van der Waals surface area contributed by atoms with Gasteiger partial charge in [-0.25, -0.2) is 0 Å². The number of benzene rings is 2. The molecule has 0 atom stereocenters. The molecule has 7 nitrogen and oxygen atoms in total. The average molecular weight is 433 g/mol. The fourth-order valence-corrected chi connectivity index (χ4v) is 3.39. The van der Waals surface area contributed by atoms with Gasteiger partial charge in [0.15, 0.2) is 10.3 Å². The van der Waals surface area contributed by atoms with Crippen LogP contribution >= 0.6 is 35.6 Å². The van der Waals surface area contributed by atoms with Crippen LogP contribution in [0, 0.1) is 6.92 Å². The molecule has 2 aromatic carbocycles. The molecular formula is C18H17ClN6OS2. The molecule has 10 heteroatoms. The van der Waals surface area contributed by atoms with E-state index in [2.05, 4.69) is 26.4 Å². The predicted molar refractivity (Wildman–Crippen MR) is 116 cm³/mol. The normalized spacial score (nSPS) is 10.4. The first-order chi connectivity index (χ1) is 13.5. The highest BCUT2D eigenvalue weighted by molar-refractivity contribution is 7.99. The largest absolute Gasteiger partial charge is 0.331 e. The number of aryl methyl sites for hydroxylation is 1. The van der Waals surface area contributed by atoms with Gasteiger partial charge in [-0.1, -0.05) is 41.6 Å². The van der Waals surface area contributed by atoms with Crippen LogP contribution in [0.4, 0.5) is 5.69 Å². The standard InChI is InChI=1S/C18H17ClN6OS2/c1-12-21-24-18(25(12)15-5-3-2-4-6-15)28-11-16(26)22-23-17(27)20-14-9-7-13(19)8-10-14/h2-10H,11H2,1H3,(H,22,26)(H2,20,23,27). The highest BCUT2D eigenvalue weighted by Crippen LogP contribution is 2.21. The van der Waals surface area contributed by atoms with Gasteiger partial charge in [0.25, 0.3) is 0 Å². The topological polar surface area (TPSA) is 83.9 Å². The Balaban J connectivity index is 1.50. The molecular weight excluding hydrogens is 416 g/mol. The molecule has 0 aliphatic rings. The zero-order valence-corrected chi connectivity index (χ0v) is 17.2. The Bertz CT molecular complexity index is 962. The third-order valence-electron chi connectivity index (χ3n) is 3.56. The molecule has 144 valence electrons. The van der Waals surface area contributed by atoms with E-state index in [0.717, 1.165) is 17.2 Å². The summed E-state index contributed by atoms with van der Waals surface area (Å²) in [5, 5.41) is 12.7. The maximum absolute atomic E-state index is 12.1. The summed E-state index contributed by atoms with van der Waals surface area (Å²) in [6, 6.07) is 16.8. The van der Waals surface area contributed by atoms with Gasteiger partial charge in [0.1, 0.15) is 5.82 Å². The van der Waals surface area contributed by atoms with Crippen molar-refractivity contribution in [1.29, 1.82) is 0 Å². The van der Waals surface area contributed by atoms with Crippen LogP contribution < -0.4 is 16.2 Å². The number of amides is 1. The zero-order chi connectivity index (χ0) is 19.9. The number of hydrogen-bond acceptors (Lipinski definition) is 5. The first-order valence-corrected chi connectivity index (χ1v) is 10.0. The van der Waals surface area contributed by atoms with Crippen LogP contribution in [-0.2, 0) is 4.79 Å². The second-order valence-electron chi connectivity index (χ2n) is 5.62. The molecule has 3 aromatic rings. The Morgan fingerprint density at radius 1 is 1.11 bits per heavy atom. The minimum Gasteiger partial charge on any atom is -0.331 e. The average Bonchev–Trinajstić information content (AvgIpc) is 3.07. The second kappa shape index (κ2) is 9.54. The van der Waals surface area contributed by atoms with E-state index in [1.54, 1.807) is 24.3 Å². The van der Waals surface area contributed by atoms with E-state index in [1.165, 1.54) is 11.8 Å². The van der Waals surface area contributed by atoms with Crippen LogP contribution in [-0.4, -0.2) is 31.5 Å². The van der Waals surface area contributed by atoms with Crippen molar-refractivity contribution in [3.05, 3.63) is 65.4 Å². The SMILES string of the molecule is Cc1nnc(SCC(=O)NNC(=S)Nc2ccc(Cl)cc2)n1-c1ccccc1. The monoisotopic (exact) mass is 432 g/mol. The summed E-state index contributed by atoms with van der Waals surface area (Å²) in [6.07, 6.45) is 0. The van der Waals surface area contributed by atoms with Crippen molar-refractivity contribution < 1.29 is 4.79 Å². The fraction of sp³-hybridized carbons (Fsp3) is 0.111. The maximum Gasteiger partial charge on any atom is 0.248 e. The fourth-order valence-electron chi connectivity index (χ4n) is 2.30. The van der Waals surface area contributed by atoms with Crippen molar-refractivity contribution in [3.8, 4) is 5.69 Å². The van der Waals surface area contributed by atoms with E-state index >= 15 is 0 Å². The number of halogens is 1. The van der Waals surface area contributed by atoms with Crippen LogP contribution in [0.25, 0.3) is 5.69 Å². The summed E-state index contributed by atoms with van der Waals surface area (Å²) in [7, 11) is 0. The molecule has 0 spiro atoms. The number of carbonyl (C=O) groups excluding carboxylic acids is 1. The first-order valence-electron chi connectivity index (χ1n) is 8.24. The van der Waals surface area contributed by atoms with Crippen LogP contribution in [0.2, 0.25) is 5.02 Å². The number of hydrogen-bond donors (Lipinski definition) is 3. The Hall–Kier alpha value is -2.62. The van der Waals surface area contributed by atoms with Crippen molar-refractivity contribution >= 4 is 52.3 Å². The Morgan fingerprint density at radius 3 is 2.54 bits per heavy atom. The van der Waals surface area contributed by atoms with Crippen molar-refractivity contribution in [2.75, 3.05) is 11.1 Å². The van der Waals surface area contributed by atoms with Gasteiger partial charge in [-0.15, -0.1) is 10.2 Å². The van der Waals surface area contributed by atoms with E-state index in [-0.39, 0.29) is 16.8 Å². The van der Waals surface area contributed by atoms with Crippen LogP contribution in [0.3, 0.4) is 0 Å². The number of thiocarbonyl (C=S) groups is 1. The molecule has 0 aliphatic carbocycles. The molecule has 0 radical (unpaired) electrons. The highest BCUT2D eigenvalue weighted by Gasteiger charge is 2.13. The van der Waals surface area contributed by atoms with Crippen LogP contribution in [0.15, 0.2) is 59.8 Å². The van der Waals surface area contributed by atoms with E-state index in [4.69, 9.17) is 23.8 Å². The van der Waals surface area contributed by atoms with Gasteiger partial charge >= 0.3 is 0 Å². The molecule has 0 aliphatic heterocycles. The lowest BCUT2D eigenvalue weighted by Gasteiger charge is -2.12. The van der Waals surface area contributed by atoms with Gasteiger partial charge in [-0.05, 0) is 55.5 Å². The number of nitrogens with zero attached hydrogens (tertiary/aromatic N) is 3. The number of hydrazine groups is 1. The molecule has 0 unspecified atom stereocenters.